The molecule has 4 aromatic rings. The minimum atomic E-state index is -0.519. The number of carbonyl (C=O) groups excluding carboxylic acids is 1. The van der Waals surface area contributed by atoms with Crippen LogP contribution < -0.4 is 11.1 Å². The molecular weight excluding hydrogens is 316 g/mol. The molecule has 25 heavy (non-hydrogen) atoms. The molecular formula is C20H14N2O3. The number of rotatable bonds is 3. The number of nitrogens with one attached hydrogen (secondary N) is 2. The van der Waals surface area contributed by atoms with E-state index in [-0.39, 0.29) is 5.91 Å². The number of aromatic nitrogens is 1. The first-order valence-electron chi connectivity index (χ1n) is 7.79. The SMILES string of the molecule is O=C(/C=C/c1cccc2ccccc12)Nc1ccc2oc(=O)[nH]c2c1. The zero-order valence-corrected chi connectivity index (χ0v) is 13.2. The number of hydrogen-bond donors (Lipinski definition) is 2. The van der Waals surface area contributed by atoms with E-state index < -0.39 is 5.76 Å². The normalized spacial score (nSPS) is 11.4. The second-order valence-electron chi connectivity index (χ2n) is 5.62. The van der Waals surface area contributed by atoms with Crippen LogP contribution in [-0.2, 0) is 4.79 Å². The van der Waals surface area contributed by atoms with Crippen LogP contribution in [0.15, 0.2) is 76.0 Å². The standard InChI is InChI=1S/C20H14N2O3/c23-19(21-15-9-10-18-17(12-15)22-20(24)25-18)11-8-14-6-3-5-13-4-1-2-7-16(13)14/h1-12H,(H,21,23)(H,22,24)/b11-8+. The van der Waals surface area contributed by atoms with E-state index in [1.54, 1.807) is 24.3 Å². The molecule has 1 heterocycles. The van der Waals surface area contributed by atoms with E-state index in [2.05, 4.69) is 10.3 Å². The second kappa shape index (κ2) is 6.13. The maximum atomic E-state index is 12.2. The Bertz CT molecular complexity index is 1160. The van der Waals surface area contributed by atoms with Crippen LogP contribution in [0, 0.1) is 0 Å². The van der Waals surface area contributed by atoms with Crippen molar-refractivity contribution < 1.29 is 9.21 Å². The van der Waals surface area contributed by atoms with Crippen molar-refractivity contribution >= 4 is 39.5 Å². The first kappa shape index (κ1) is 15.0. The summed E-state index contributed by atoms with van der Waals surface area (Å²) in [4.78, 5) is 25.9. The monoisotopic (exact) mass is 330 g/mol. The van der Waals surface area contributed by atoms with Gasteiger partial charge in [0.05, 0.1) is 5.52 Å². The van der Waals surface area contributed by atoms with Gasteiger partial charge >= 0.3 is 5.76 Å². The van der Waals surface area contributed by atoms with Gasteiger partial charge in [0.1, 0.15) is 0 Å². The number of carbonyl (C=O) groups is 1. The first-order chi connectivity index (χ1) is 12.2. The highest BCUT2D eigenvalue weighted by molar-refractivity contribution is 6.04. The number of hydrogen-bond acceptors (Lipinski definition) is 3. The van der Waals surface area contributed by atoms with Crippen LogP contribution in [0.4, 0.5) is 5.69 Å². The van der Waals surface area contributed by atoms with Crippen LogP contribution >= 0.6 is 0 Å². The van der Waals surface area contributed by atoms with Gasteiger partial charge in [-0.3, -0.25) is 9.78 Å². The lowest BCUT2D eigenvalue weighted by molar-refractivity contribution is -0.111. The number of benzene rings is 3. The Morgan fingerprint density at radius 2 is 1.88 bits per heavy atom. The summed E-state index contributed by atoms with van der Waals surface area (Å²) in [5, 5.41) is 4.99. The van der Waals surface area contributed by atoms with E-state index in [1.807, 2.05) is 42.5 Å². The number of oxazole rings is 1. The summed E-state index contributed by atoms with van der Waals surface area (Å²) in [6.45, 7) is 0. The van der Waals surface area contributed by atoms with Gasteiger partial charge in [-0.2, -0.15) is 0 Å². The molecule has 0 atom stereocenters. The molecule has 0 saturated heterocycles. The van der Waals surface area contributed by atoms with Gasteiger partial charge in [-0.05, 0) is 40.6 Å². The molecule has 3 aromatic carbocycles. The number of H-pyrrole nitrogens is 1. The first-order valence-corrected chi connectivity index (χ1v) is 7.79. The Kier molecular flexibility index (Phi) is 3.67. The number of aromatic amines is 1. The van der Waals surface area contributed by atoms with Crippen molar-refractivity contribution in [3.63, 3.8) is 0 Å². The van der Waals surface area contributed by atoms with Crippen molar-refractivity contribution in [1.29, 1.82) is 0 Å². The molecule has 0 aliphatic rings. The van der Waals surface area contributed by atoms with Crippen molar-refractivity contribution in [3.8, 4) is 0 Å². The molecule has 2 N–H and O–H groups in total. The molecule has 1 aromatic heterocycles. The van der Waals surface area contributed by atoms with Crippen LogP contribution in [0.3, 0.4) is 0 Å². The van der Waals surface area contributed by atoms with Gasteiger partial charge in [-0.15, -0.1) is 0 Å². The van der Waals surface area contributed by atoms with Crippen LogP contribution in [0.2, 0.25) is 0 Å². The number of fused-ring (bicyclic) bond motifs is 2. The van der Waals surface area contributed by atoms with Crippen LogP contribution in [0.1, 0.15) is 5.56 Å². The van der Waals surface area contributed by atoms with E-state index in [0.29, 0.717) is 16.8 Å². The summed E-state index contributed by atoms with van der Waals surface area (Å²) in [7, 11) is 0. The third kappa shape index (κ3) is 3.07. The predicted octanol–water partition coefficient (Wildman–Crippen LogP) is 3.93. The lowest BCUT2D eigenvalue weighted by Crippen LogP contribution is -2.07. The van der Waals surface area contributed by atoms with E-state index in [0.717, 1.165) is 16.3 Å². The van der Waals surface area contributed by atoms with Gasteiger partial charge in [0.25, 0.3) is 0 Å². The molecule has 122 valence electrons. The highest BCUT2D eigenvalue weighted by atomic mass is 16.4. The summed E-state index contributed by atoms with van der Waals surface area (Å²) >= 11 is 0. The van der Waals surface area contributed by atoms with E-state index in [4.69, 9.17) is 4.42 Å². The lowest BCUT2D eigenvalue weighted by atomic mass is 10.0. The zero-order chi connectivity index (χ0) is 17.2. The Labute approximate surface area is 142 Å². The topological polar surface area (TPSA) is 75.1 Å². The Balaban J connectivity index is 1.56. The Morgan fingerprint density at radius 1 is 1.04 bits per heavy atom. The molecule has 0 aliphatic carbocycles. The zero-order valence-electron chi connectivity index (χ0n) is 13.2. The molecule has 0 spiro atoms. The van der Waals surface area contributed by atoms with E-state index >= 15 is 0 Å². The third-order valence-corrected chi connectivity index (χ3v) is 3.92. The largest absolute Gasteiger partial charge is 0.417 e. The van der Waals surface area contributed by atoms with Crippen LogP contribution in [0.5, 0.6) is 0 Å². The minimum Gasteiger partial charge on any atom is -0.408 e. The summed E-state index contributed by atoms with van der Waals surface area (Å²) in [5.41, 5.74) is 2.55. The molecule has 4 rings (SSSR count). The van der Waals surface area contributed by atoms with Crippen LogP contribution in [0.25, 0.3) is 27.9 Å². The molecule has 5 nitrogen and oxygen atoms in total. The maximum Gasteiger partial charge on any atom is 0.417 e. The maximum absolute atomic E-state index is 12.2. The number of anilines is 1. The van der Waals surface area contributed by atoms with Gasteiger partial charge in [0.2, 0.25) is 5.91 Å². The van der Waals surface area contributed by atoms with Crippen molar-refractivity contribution in [2.24, 2.45) is 0 Å². The smallest absolute Gasteiger partial charge is 0.408 e. The van der Waals surface area contributed by atoms with Crippen molar-refractivity contribution in [1.82, 2.24) is 4.98 Å². The molecule has 1 amide bonds. The average Bonchev–Trinajstić information content (AvgIpc) is 2.99. The fourth-order valence-corrected chi connectivity index (χ4v) is 2.77. The summed E-state index contributed by atoms with van der Waals surface area (Å²) in [6, 6.07) is 19.0. The molecule has 0 radical (unpaired) electrons. The summed E-state index contributed by atoms with van der Waals surface area (Å²) in [5.74, 6) is -0.771. The lowest BCUT2D eigenvalue weighted by Gasteiger charge is -2.03. The average molecular weight is 330 g/mol. The Hall–Kier alpha value is -3.60. The van der Waals surface area contributed by atoms with Gasteiger partial charge in [-0.25, -0.2) is 4.79 Å². The number of amides is 1. The Morgan fingerprint density at radius 3 is 2.80 bits per heavy atom. The quantitative estimate of drug-likeness (QED) is 0.559. The molecule has 0 saturated carbocycles. The minimum absolute atomic E-state index is 0.252. The fourth-order valence-electron chi connectivity index (χ4n) is 2.77. The second-order valence-corrected chi connectivity index (χ2v) is 5.62. The summed E-state index contributed by atoms with van der Waals surface area (Å²) in [6.07, 6.45) is 3.28. The fraction of sp³-hybridized carbons (Fsp3) is 0. The van der Waals surface area contributed by atoms with E-state index in [9.17, 15) is 9.59 Å². The van der Waals surface area contributed by atoms with Gasteiger partial charge < -0.3 is 9.73 Å². The van der Waals surface area contributed by atoms with Crippen molar-refractivity contribution in [2.75, 3.05) is 5.32 Å². The predicted molar refractivity (Wildman–Crippen MR) is 98.4 cm³/mol. The highest BCUT2D eigenvalue weighted by Gasteiger charge is 2.04. The molecule has 0 fully saturated rings. The highest BCUT2D eigenvalue weighted by Crippen LogP contribution is 2.20. The van der Waals surface area contributed by atoms with Crippen LogP contribution in [-0.4, -0.2) is 10.9 Å². The molecule has 5 heteroatoms. The van der Waals surface area contributed by atoms with Gasteiger partial charge in [0, 0.05) is 11.8 Å². The van der Waals surface area contributed by atoms with Gasteiger partial charge in [-0.1, -0.05) is 42.5 Å². The third-order valence-electron chi connectivity index (χ3n) is 3.92. The van der Waals surface area contributed by atoms with Crippen molar-refractivity contribution in [3.05, 3.63) is 82.9 Å². The summed E-state index contributed by atoms with van der Waals surface area (Å²) < 4.78 is 4.94. The van der Waals surface area contributed by atoms with Crippen molar-refractivity contribution in [2.45, 2.75) is 0 Å². The van der Waals surface area contributed by atoms with Gasteiger partial charge in [0.15, 0.2) is 5.58 Å². The molecule has 0 aliphatic heterocycles. The molecule has 0 unspecified atom stereocenters. The van der Waals surface area contributed by atoms with E-state index in [1.165, 1.54) is 6.08 Å². The molecule has 0 bridgehead atoms.